The third kappa shape index (κ3) is 2.83. The number of aromatic nitrogens is 1. The van der Waals surface area contributed by atoms with Crippen LogP contribution in [0.5, 0.6) is 0 Å². The Labute approximate surface area is 120 Å². The summed E-state index contributed by atoms with van der Waals surface area (Å²) in [7, 11) is 0. The van der Waals surface area contributed by atoms with Gasteiger partial charge in [0.05, 0.1) is 0 Å². The highest BCUT2D eigenvalue weighted by atomic mass is 15.2. The van der Waals surface area contributed by atoms with Crippen molar-refractivity contribution in [2.24, 2.45) is 0 Å². The Hall–Kier alpha value is -1.87. The fourth-order valence-electron chi connectivity index (χ4n) is 3.11. The van der Waals surface area contributed by atoms with Crippen LogP contribution in [-0.4, -0.2) is 22.5 Å². The van der Waals surface area contributed by atoms with Crippen molar-refractivity contribution in [3.8, 4) is 0 Å². The van der Waals surface area contributed by atoms with E-state index in [9.17, 15) is 0 Å². The molecule has 1 aromatic carbocycles. The van der Waals surface area contributed by atoms with Crippen LogP contribution in [0, 0.1) is 0 Å². The first-order valence-electron chi connectivity index (χ1n) is 7.22. The standard InChI is InChI=1S/C17H21N3/c1-13-9-16(15-5-3-2-4-6-15)12-20(13)11-14-7-8-19-17(18)10-14/h2-8,10,13,16H,9,11-12H2,1H3,(H2,18,19). The Bertz CT molecular complexity index is 567. The average molecular weight is 267 g/mol. The summed E-state index contributed by atoms with van der Waals surface area (Å²) in [5.74, 6) is 1.25. The molecule has 3 heteroatoms. The molecule has 2 N–H and O–H groups in total. The lowest BCUT2D eigenvalue weighted by molar-refractivity contribution is 0.259. The summed E-state index contributed by atoms with van der Waals surface area (Å²) in [6.07, 6.45) is 3.02. The van der Waals surface area contributed by atoms with Crippen LogP contribution < -0.4 is 5.73 Å². The molecule has 104 valence electrons. The molecule has 1 aliphatic heterocycles. The van der Waals surface area contributed by atoms with Gasteiger partial charge < -0.3 is 5.73 Å². The Kier molecular flexibility index (Phi) is 3.70. The molecule has 3 nitrogen and oxygen atoms in total. The number of nitrogens with two attached hydrogens (primary N) is 1. The molecule has 1 saturated heterocycles. The van der Waals surface area contributed by atoms with E-state index in [1.165, 1.54) is 17.5 Å². The summed E-state index contributed by atoms with van der Waals surface area (Å²) in [5, 5.41) is 0. The second-order valence-corrected chi connectivity index (χ2v) is 5.71. The Morgan fingerprint density at radius 2 is 2.05 bits per heavy atom. The summed E-state index contributed by atoms with van der Waals surface area (Å²) in [6.45, 7) is 4.39. The first kappa shape index (κ1) is 13.1. The lowest BCUT2D eigenvalue weighted by atomic mass is 9.97. The highest BCUT2D eigenvalue weighted by Gasteiger charge is 2.29. The minimum absolute atomic E-state index is 0.606. The zero-order valence-electron chi connectivity index (χ0n) is 11.9. The molecule has 20 heavy (non-hydrogen) atoms. The topological polar surface area (TPSA) is 42.2 Å². The molecular weight excluding hydrogens is 246 g/mol. The third-order valence-electron chi connectivity index (χ3n) is 4.21. The van der Waals surface area contributed by atoms with Crippen molar-refractivity contribution in [3.63, 3.8) is 0 Å². The number of nitrogens with zero attached hydrogens (tertiary/aromatic N) is 2. The van der Waals surface area contributed by atoms with Gasteiger partial charge in [-0.3, -0.25) is 4.90 Å². The predicted octanol–water partition coefficient (Wildman–Crippen LogP) is 3.04. The second kappa shape index (κ2) is 5.63. The highest BCUT2D eigenvalue weighted by molar-refractivity contribution is 5.32. The number of nitrogen functional groups attached to an aromatic ring is 1. The fraction of sp³-hybridized carbons (Fsp3) is 0.353. The molecule has 2 unspecified atom stereocenters. The van der Waals surface area contributed by atoms with Crippen LogP contribution >= 0.6 is 0 Å². The van der Waals surface area contributed by atoms with E-state index in [2.05, 4.69) is 53.2 Å². The van der Waals surface area contributed by atoms with Crippen molar-refractivity contribution in [1.82, 2.24) is 9.88 Å². The molecule has 0 bridgehead atoms. The minimum Gasteiger partial charge on any atom is -0.384 e. The van der Waals surface area contributed by atoms with Gasteiger partial charge in [-0.25, -0.2) is 4.98 Å². The normalized spacial score (nSPS) is 23.1. The van der Waals surface area contributed by atoms with E-state index in [1.54, 1.807) is 6.20 Å². The maximum atomic E-state index is 5.76. The van der Waals surface area contributed by atoms with E-state index in [1.807, 2.05) is 6.07 Å². The molecule has 0 spiro atoms. The van der Waals surface area contributed by atoms with Crippen LogP contribution in [0.1, 0.15) is 30.4 Å². The number of hydrogen-bond acceptors (Lipinski definition) is 3. The molecule has 3 rings (SSSR count). The smallest absolute Gasteiger partial charge is 0.123 e. The zero-order chi connectivity index (χ0) is 13.9. The summed E-state index contributed by atoms with van der Waals surface area (Å²) in [5.41, 5.74) is 8.46. The molecule has 0 amide bonds. The van der Waals surface area contributed by atoms with Gasteiger partial charge in [-0.15, -0.1) is 0 Å². The van der Waals surface area contributed by atoms with Crippen molar-refractivity contribution < 1.29 is 0 Å². The minimum atomic E-state index is 0.606. The number of hydrogen-bond donors (Lipinski definition) is 1. The van der Waals surface area contributed by atoms with Crippen LogP contribution in [-0.2, 0) is 6.54 Å². The zero-order valence-corrected chi connectivity index (χ0v) is 11.9. The predicted molar refractivity (Wildman–Crippen MR) is 82.3 cm³/mol. The highest BCUT2D eigenvalue weighted by Crippen LogP contribution is 2.32. The van der Waals surface area contributed by atoms with Gasteiger partial charge in [0.25, 0.3) is 0 Å². The van der Waals surface area contributed by atoms with Crippen LogP contribution in [0.15, 0.2) is 48.7 Å². The molecule has 2 heterocycles. The van der Waals surface area contributed by atoms with E-state index in [0.29, 0.717) is 17.8 Å². The first-order chi connectivity index (χ1) is 9.72. The SMILES string of the molecule is CC1CC(c2ccccc2)CN1Cc1ccnc(N)c1. The summed E-state index contributed by atoms with van der Waals surface area (Å²) < 4.78 is 0. The Balaban J connectivity index is 1.70. The number of likely N-dealkylation sites (tertiary alicyclic amines) is 1. The summed E-state index contributed by atoms with van der Waals surface area (Å²) in [4.78, 5) is 6.59. The lowest BCUT2D eigenvalue weighted by Gasteiger charge is -2.21. The fourth-order valence-corrected chi connectivity index (χ4v) is 3.11. The largest absolute Gasteiger partial charge is 0.384 e. The van der Waals surface area contributed by atoms with Gasteiger partial charge in [0.15, 0.2) is 0 Å². The Morgan fingerprint density at radius 3 is 2.80 bits per heavy atom. The van der Waals surface area contributed by atoms with Crippen LogP contribution in [0.25, 0.3) is 0 Å². The van der Waals surface area contributed by atoms with Crippen LogP contribution in [0.2, 0.25) is 0 Å². The second-order valence-electron chi connectivity index (χ2n) is 5.71. The molecule has 1 aliphatic rings. The summed E-state index contributed by atoms with van der Waals surface area (Å²) >= 11 is 0. The molecule has 0 aliphatic carbocycles. The average Bonchev–Trinajstić information content (AvgIpc) is 2.81. The molecule has 1 aromatic heterocycles. The van der Waals surface area contributed by atoms with Gasteiger partial charge in [0.1, 0.15) is 5.82 Å². The van der Waals surface area contributed by atoms with Gasteiger partial charge in [-0.2, -0.15) is 0 Å². The lowest BCUT2D eigenvalue weighted by Crippen LogP contribution is -2.26. The van der Waals surface area contributed by atoms with E-state index in [0.717, 1.165) is 13.1 Å². The third-order valence-corrected chi connectivity index (χ3v) is 4.21. The van der Waals surface area contributed by atoms with Crippen LogP contribution in [0.4, 0.5) is 5.82 Å². The van der Waals surface area contributed by atoms with Gasteiger partial charge in [0.2, 0.25) is 0 Å². The van der Waals surface area contributed by atoms with Gasteiger partial charge >= 0.3 is 0 Å². The molecule has 0 radical (unpaired) electrons. The number of pyridine rings is 1. The Morgan fingerprint density at radius 1 is 1.25 bits per heavy atom. The molecular formula is C17H21N3. The first-order valence-corrected chi connectivity index (χ1v) is 7.22. The number of anilines is 1. The van der Waals surface area contributed by atoms with Crippen molar-refractivity contribution in [3.05, 3.63) is 59.8 Å². The van der Waals surface area contributed by atoms with Crippen molar-refractivity contribution >= 4 is 5.82 Å². The number of rotatable bonds is 3. The van der Waals surface area contributed by atoms with Gasteiger partial charge in [0, 0.05) is 25.3 Å². The van der Waals surface area contributed by atoms with E-state index >= 15 is 0 Å². The maximum Gasteiger partial charge on any atom is 0.123 e. The maximum absolute atomic E-state index is 5.76. The van der Waals surface area contributed by atoms with Crippen molar-refractivity contribution in [2.75, 3.05) is 12.3 Å². The molecule has 2 aromatic rings. The monoisotopic (exact) mass is 267 g/mol. The van der Waals surface area contributed by atoms with Crippen molar-refractivity contribution in [2.45, 2.75) is 31.8 Å². The van der Waals surface area contributed by atoms with E-state index in [4.69, 9.17) is 5.73 Å². The molecule has 0 saturated carbocycles. The molecule has 1 fully saturated rings. The number of benzene rings is 1. The van der Waals surface area contributed by atoms with Gasteiger partial charge in [-0.05, 0) is 42.5 Å². The van der Waals surface area contributed by atoms with Crippen LogP contribution in [0.3, 0.4) is 0 Å². The summed E-state index contributed by atoms with van der Waals surface area (Å²) in [6, 6.07) is 15.5. The molecule has 2 atom stereocenters. The van der Waals surface area contributed by atoms with Gasteiger partial charge in [-0.1, -0.05) is 30.3 Å². The van der Waals surface area contributed by atoms with E-state index < -0.39 is 0 Å². The van der Waals surface area contributed by atoms with E-state index in [-0.39, 0.29) is 0 Å². The van der Waals surface area contributed by atoms with Crippen molar-refractivity contribution in [1.29, 1.82) is 0 Å². The quantitative estimate of drug-likeness (QED) is 0.929.